The van der Waals surface area contributed by atoms with Crippen LogP contribution in [0.2, 0.25) is 0 Å². The van der Waals surface area contributed by atoms with Gasteiger partial charge in [0.2, 0.25) is 0 Å². The van der Waals surface area contributed by atoms with Crippen molar-refractivity contribution in [1.29, 1.82) is 0 Å². The lowest BCUT2D eigenvalue weighted by Crippen LogP contribution is -2.45. The van der Waals surface area contributed by atoms with Crippen LogP contribution in [0.4, 0.5) is 0 Å². The zero-order chi connectivity index (χ0) is 16.8. The molecule has 2 aromatic heterocycles. The van der Waals surface area contributed by atoms with E-state index in [9.17, 15) is 4.79 Å². The zero-order valence-electron chi connectivity index (χ0n) is 13.7. The number of carbonyl (C=O) groups excluding carboxylic acids is 1. The van der Waals surface area contributed by atoms with Crippen molar-refractivity contribution in [2.24, 2.45) is 0 Å². The Balaban J connectivity index is 1.46. The van der Waals surface area contributed by atoms with Crippen molar-refractivity contribution >= 4 is 17.1 Å². The minimum absolute atomic E-state index is 0.0175. The molecule has 2 aliphatic rings. The number of morpholine rings is 1. The summed E-state index contributed by atoms with van der Waals surface area (Å²) in [6.45, 7) is 1.34. The molecule has 2 atom stereocenters. The molecule has 0 spiro atoms. The molecule has 2 aliphatic heterocycles. The van der Waals surface area contributed by atoms with Crippen LogP contribution in [-0.2, 0) is 4.74 Å². The molecule has 4 heterocycles. The number of nitrogens with zero attached hydrogens (tertiary/aromatic N) is 4. The molecule has 1 aromatic carbocycles. The summed E-state index contributed by atoms with van der Waals surface area (Å²) in [5.74, 6) is 0.0175. The van der Waals surface area contributed by atoms with E-state index in [4.69, 9.17) is 4.74 Å². The molecule has 5 rings (SSSR count). The van der Waals surface area contributed by atoms with Gasteiger partial charge >= 0.3 is 0 Å². The molecule has 6 heteroatoms. The summed E-state index contributed by atoms with van der Waals surface area (Å²) >= 11 is 0. The first-order valence-electron chi connectivity index (χ1n) is 8.61. The Bertz CT molecular complexity index is 925. The van der Waals surface area contributed by atoms with E-state index in [0.717, 1.165) is 29.7 Å². The number of benzene rings is 1. The summed E-state index contributed by atoms with van der Waals surface area (Å²) in [5, 5.41) is 0. The van der Waals surface area contributed by atoms with Gasteiger partial charge in [0.15, 0.2) is 5.65 Å². The molecule has 0 radical (unpaired) electrons. The van der Waals surface area contributed by atoms with Gasteiger partial charge in [0.25, 0.3) is 5.91 Å². The quantitative estimate of drug-likeness (QED) is 0.722. The number of imidazole rings is 1. The monoisotopic (exact) mass is 334 g/mol. The lowest BCUT2D eigenvalue weighted by atomic mass is 10.2. The van der Waals surface area contributed by atoms with Crippen LogP contribution < -0.4 is 0 Å². The topological polar surface area (TPSA) is 60.2 Å². The number of rotatable bonds is 2. The molecular weight excluding hydrogens is 316 g/mol. The van der Waals surface area contributed by atoms with Crippen LogP contribution in [0.15, 0.2) is 48.9 Å². The molecule has 0 aliphatic carbocycles. The Kier molecular flexibility index (Phi) is 3.31. The fraction of sp³-hybridized carbons (Fsp3) is 0.316. The molecule has 0 saturated carbocycles. The maximum absolute atomic E-state index is 12.8. The van der Waals surface area contributed by atoms with E-state index >= 15 is 0 Å². The highest BCUT2D eigenvalue weighted by atomic mass is 16.5. The summed E-state index contributed by atoms with van der Waals surface area (Å²) in [4.78, 5) is 23.7. The highest BCUT2D eigenvalue weighted by Gasteiger charge is 2.36. The number of hydrogen-bond donors (Lipinski definition) is 0. The molecule has 0 unspecified atom stereocenters. The van der Waals surface area contributed by atoms with E-state index in [-0.39, 0.29) is 18.1 Å². The molecule has 2 saturated heterocycles. The molecule has 3 aromatic rings. The number of ether oxygens (including phenoxy) is 1. The van der Waals surface area contributed by atoms with Crippen molar-refractivity contribution in [1.82, 2.24) is 19.4 Å². The Labute approximate surface area is 145 Å². The van der Waals surface area contributed by atoms with Gasteiger partial charge in [0, 0.05) is 25.0 Å². The molecule has 126 valence electrons. The second-order valence-electron chi connectivity index (χ2n) is 6.68. The lowest BCUT2D eigenvalue weighted by Gasteiger charge is -2.32. The maximum Gasteiger partial charge on any atom is 0.255 e. The van der Waals surface area contributed by atoms with Crippen LogP contribution in [0.25, 0.3) is 16.9 Å². The molecular formula is C19H18N4O2. The third kappa shape index (κ3) is 2.49. The largest absolute Gasteiger partial charge is 0.371 e. The van der Waals surface area contributed by atoms with Crippen molar-refractivity contribution in [3.63, 3.8) is 0 Å². The van der Waals surface area contributed by atoms with Crippen LogP contribution >= 0.6 is 0 Å². The van der Waals surface area contributed by atoms with Crippen LogP contribution in [0.5, 0.6) is 0 Å². The van der Waals surface area contributed by atoms with Gasteiger partial charge < -0.3 is 9.64 Å². The van der Waals surface area contributed by atoms with Crippen LogP contribution in [-0.4, -0.2) is 50.6 Å². The summed E-state index contributed by atoms with van der Waals surface area (Å²) in [7, 11) is 0. The molecule has 2 bridgehead atoms. The first-order valence-corrected chi connectivity index (χ1v) is 8.61. The van der Waals surface area contributed by atoms with Gasteiger partial charge in [-0.3, -0.25) is 9.36 Å². The highest BCUT2D eigenvalue weighted by Crippen LogP contribution is 2.27. The van der Waals surface area contributed by atoms with E-state index in [1.807, 2.05) is 45.9 Å². The van der Waals surface area contributed by atoms with Gasteiger partial charge in [-0.05, 0) is 31.0 Å². The Morgan fingerprint density at radius 1 is 1.08 bits per heavy atom. The van der Waals surface area contributed by atoms with Crippen molar-refractivity contribution in [3.8, 4) is 5.69 Å². The lowest BCUT2D eigenvalue weighted by molar-refractivity contribution is -0.0303. The minimum atomic E-state index is 0.0175. The first kappa shape index (κ1) is 14.6. The Morgan fingerprint density at radius 2 is 1.84 bits per heavy atom. The molecule has 2 fully saturated rings. The zero-order valence-corrected chi connectivity index (χ0v) is 13.7. The summed E-state index contributed by atoms with van der Waals surface area (Å²) in [6.07, 6.45) is 5.88. The summed E-state index contributed by atoms with van der Waals surface area (Å²) in [6, 6.07) is 11.8. The number of carbonyl (C=O) groups is 1. The van der Waals surface area contributed by atoms with Gasteiger partial charge in [0.1, 0.15) is 11.8 Å². The number of amides is 1. The standard InChI is InChI=1S/C19H18N4O2/c24-19(22-10-15-6-7-16(11-22)25-15)13-8-17-18(20-9-13)23(12-21-17)14-4-2-1-3-5-14/h1-5,8-9,12,15-16H,6-7,10-11H2/t15-,16+. The third-order valence-corrected chi connectivity index (χ3v) is 5.00. The molecule has 1 amide bonds. The molecule has 0 N–H and O–H groups in total. The van der Waals surface area contributed by atoms with Gasteiger partial charge in [-0.2, -0.15) is 0 Å². The summed E-state index contributed by atoms with van der Waals surface area (Å²) in [5.41, 5.74) is 3.07. The fourth-order valence-corrected chi connectivity index (χ4v) is 3.76. The van der Waals surface area contributed by atoms with Gasteiger partial charge in [0.05, 0.1) is 17.8 Å². The second kappa shape index (κ2) is 5.67. The van der Waals surface area contributed by atoms with E-state index in [1.54, 1.807) is 12.5 Å². The maximum atomic E-state index is 12.8. The number of para-hydroxylation sites is 1. The van der Waals surface area contributed by atoms with Crippen LogP contribution in [0, 0.1) is 0 Å². The molecule has 25 heavy (non-hydrogen) atoms. The SMILES string of the molecule is O=C(c1cnc2c(c1)ncn2-c1ccccc1)N1C[C@H]2CC[C@@H](C1)O2. The average Bonchev–Trinajstić information content (AvgIpc) is 3.23. The van der Waals surface area contributed by atoms with E-state index in [1.165, 1.54) is 0 Å². The Morgan fingerprint density at radius 3 is 2.60 bits per heavy atom. The van der Waals surface area contributed by atoms with Gasteiger partial charge in [-0.25, -0.2) is 9.97 Å². The van der Waals surface area contributed by atoms with E-state index < -0.39 is 0 Å². The van der Waals surface area contributed by atoms with Crippen LogP contribution in [0.3, 0.4) is 0 Å². The first-order chi connectivity index (χ1) is 12.3. The number of likely N-dealkylation sites (tertiary alicyclic amines) is 1. The predicted molar refractivity (Wildman–Crippen MR) is 92.7 cm³/mol. The number of hydrogen-bond acceptors (Lipinski definition) is 4. The molecule has 6 nitrogen and oxygen atoms in total. The summed E-state index contributed by atoms with van der Waals surface area (Å²) < 4.78 is 7.74. The number of aromatic nitrogens is 3. The van der Waals surface area contributed by atoms with Gasteiger partial charge in [-0.15, -0.1) is 0 Å². The number of fused-ring (bicyclic) bond motifs is 3. The minimum Gasteiger partial charge on any atom is -0.371 e. The van der Waals surface area contributed by atoms with Crippen molar-refractivity contribution < 1.29 is 9.53 Å². The van der Waals surface area contributed by atoms with Crippen molar-refractivity contribution in [2.45, 2.75) is 25.0 Å². The third-order valence-electron chi connectivity index (χ3n) is 5.00. The fourth-order valence-electron chi connectivity index (χ4n) is 3.76. The van der Waals surface area contributed by atoms with E-state index in [2.05, 4.69) is 9.97 Å². The number of pyridine rings is 1. The van der Waals surface area contributed by atoms with Crippen molar-refractivity contribution in [3.05, 3.63) is 54.5 Å². The average molecular weight is 334 g/mol. The second-order valence-corrected chi connectivity index (χ2v) is 6.68. The van der Waals surface area contributed by atoms with Crippen LogP contribution in [0.1, 0.15) is 23.2 Å². The predicted octanol–water partition coefficient (Wildman–Crippen LogP) is 2.42. The Hall–Kier alpha value is -2.73. The van der Waals surface area contributed by atoms with Gasteiger partial charge in [-0.1, -0.05) is 18.2 Å². The smallest absolute Gasteiger partial charge is 0.255 e. The van der Waals surface area contributed by atoms with Crippen molar-refractivity contribution in [2.75, 3.05) is 13.1 Å². The normalized spacial score (nSPS) is 22.5. The highest BCUT2D eigenvalue weighted by molar-refractivity contribution is 5.96. The van der Waals surface area contributed by atoms with E-state index in [0.29, 0.717) is 18.7 Å².